The van der Waals surface area contributed by atoms with E-state index in [0.29, 0.717) is 5.56 Å². The number of rotatable bonds is 6. The molecule has 1 aromatic carbocycles. The Morgan fingerprint density at radius 3 is 2.56 bits per heavy atom. The Morgan fingerprint density at radius 1 is 1.16 bits per heavy atom. The molecule has 4 rings (SSSR count). The third kappa shape index (κ3) is 3.66. The van der Waals surface area contributed by atoms with Crippen molar-refractivity contribution in [3.63, 3.8) is 0 Å². The first kappa shape index (κ1) is 21.4. The molecule has 10 nitrogen and oxygen atoms in total. The van der Waals surface area contributed by atoms with E-state index in [0.717, 1.165) is 22.4 Å². The van der Waals surface area contributed by atoms with Gasteiger partial charge in [0.15, 0.2) is 23.3 Å². The van der Waals surface area contributed by atoms with Crippen LogP contribution in [0.1, 0.15) is 38.5 Å². The molecule has 2 atom stereocenters. The zero-order valence-corrected chi connectivity index (χ0v) is 17.5. The summed E-state index contributed by atoms with van der Waals surface area (Å²) in [5, 5.41) is 34.8. The monoisotopic (exact) mass is 443 g/mol. The number of aromatic nitrogens is 5. The van der Waals surface area contributed by atoms with Crippen molar-refractivity contribution in [2.75, 3.05) is 0 Å². The van der Waals surface area contributed by atoms with Crippen molar-refractivity contribution in [1.29, 1.82) is 0 Å². The van der Waals surface area contributed by atoms with Gasteiger partial charge in [-0.3, -0.25) is 9.67 Å². The number of aliphatic hydroxyl groups is 1. The fourth-order valence-electron chi connectivity index (χ4n) is 3.34. The lowest BCUT2D eigenvalue weighted by atomic mass is 10.0. The molecule has 0 saturated heterocycles. The summed E-state index contributed by atoms with van der Waals surface area (Å²) >= 11 is 0. The zero-order chi connectivity index (χ0) is 23.2. The van der Waals surface area contributed by atoms with Crippen molar-refractivity contribution in [1.82, 2.24) is 24.5 Å². The van der Waals surface area contributed by atoms with Crippen molar-refractivity contribution in [2.45, 2.75) is 39.0 Å². The van der Waals surface area contributed by atoms with Crippen LogP contribution in [-0.2, 0) is 0 Å². The molecule has 2 unspecified atom stereocenters. The molecule has 0 saturated carbocycles. The van der Waals surface area contributed by atoms with Crippen LogP contribution in [-0.4, -0.2) is 45.9 Å². The maximum atomic E-state index is 13.9. The standard InChI is InChI=1S/C21H22FN5O5/c1-10(2)26-9-13(8-24-26)12-6-15-20(23-7-12)25-21(31)27(15)32-19(11(3)28)17-16(29)5-4-14(22)18(17)30/h4-11,19,28-30H,1-3H3,(H,23,25,31). The van der Waals surface area contributed by atoms with Gasteiger partial charge < -0.3 is 20.2 Å². The summed E-state index contributed by atoms with van der Waals surface area (Å²) in [6, 6.07) is 3.70. The van der Waals surface area contributed by atoms with E-state index in [9.17, 15) is 24.5 Å². The molecule has 3 aromatic heterocycles. The van der Waals surface area contributed by atoms with Gasteiger partial charge in [-0.25, -0.2) is 14.2 Å². The topological polar surface area (TPSA) is 138 Å². The number of pyridine rings is 1. The maximum Gasteiger partial charge on any atom is 0.360 e. The summed E-state index contributed by atoms with van der Waals surface area (Å²) < 4.78 is 16.5. The molecule has 0 fully saturated rings. The van der Waals surface area contributed by atoms with Gasteiger partial charge in [-0.1, -0.05) is 0 Å². The Kier molecular flexibility index (Phi) is 5.35. The Morgan fingerprint density at radius 2 is 1.91 bits per heavy atom. The van der Waals surface area contributed by atoms with Crippen molar-refractivity contribution in [2.24, 2.45) is 0 Å². The summed E-state index contributed by atoms with van der Waals surface area (Å²) in [6.45, 7) is 5.30. The largest absolute Gasteiger partial charge is 0.507 e. The van der Waals surface area contributed by atoms with Crippen LogP contribution in [0.4, 0.5) is 4.39 Å². The van der Waals surface area contributed by atoms with Crippen LogP contribution in [0, 0.1) is 5.82 Å². The molecule has 0 radical (unpaired) electrons. The fourth-order valence-corrected chi connectivity index (χ4v) is 3.34. The van der Waals surface area contributed by atoms with Gasteiger partial charge in [-0.2, -0.15) is 5.10 Å². The minimum Gasteiger partial charge on any atom is -0.507 e. The van der Waals surface area contributed by atoms with Crippen LogP contribution in [0.15, 0.2) is 41.6 Å². The lowest BCUT2D eigenvalue weighted by molar-refractivity contribution is -0.0403. The van der Waals surface area contributed by atoms with E-state index in [1.807, 2.05) is 20.0 Å². The number of phenolic OH excluding ortho intramolecular Hbond substituents is 2. The number of aliphatic hydroxyl groups excluding tert-OH is 1. The van der Waals surface area contributed by atoms with Crippen LogP contribution < -0.4 is 10.5 Å². The number of hydrogen-bond donors (Lipinski definition) is 4. The molecular formula is C21H22FN5O5. The van der Waals surface area contributed by atoms with Gasteiger partial charge >= 0.3 is 5.69 Å². The molecule has 0 aliphatic rings. The molecule has 0 amide bonds. The molecule has 11 heteroatoms. The molecule has 168 valence electrons. The van der Waals surface area contributed by atoms with E-state index in [1.54, 1.807) is 23.1 Å². The van der Waals surface area contributed by atoms with Gasteiger partial charge in [0.25, 0.3) is 0 Å². The highest BCUT2D eigenvalue weighted by molar-refractivity contribution is 5.77. The lowest BCUT2D eigenvalue weighted by Gasteiger charge is -2.23. The van der Waals surface area contributed by atoms with E-state index < -0.39 is 35.2 Å². The second-order valence-electron chi connectivity index (χ2n) is 7.71. The Hall–Kier alpha value is -3.86. The summed E-state index contributed by atoms with van der Waals surface area (Å²) in [5.74, 6) is -2.39. The van der Waals surface area contributed by atoms with Gasteiger partial charge in [0.1, 0.15) is 11.3 Å². The van der Waals surface area contributed by atoms with Crippen LogP contribution in [0.5, 0.6) is 11.5 Å². The van der Waals surface area contributed by atoms with Gasteiger partial charge in [0, 0.05) is 29.6 Å². The van der Waals surface area contributed by atoms with E-state index in [-0.39, 0.29) is 22.8 Å². The summed E-state index contributed by atoms with van der Waals surface area (Å²) in [6.07, 6.45) is 2.28. The quantitative estimate of drug-likeness (QED) is 0.359. The highest BCUT2D eigenvalue weighted by Crippen LogP contribution is 2.37. The number of H-pyrrole nitrogens is 1. The number of aromatic hydroxyl groups is 2. The Labute approximate surface area is 181 Å². The third-order valence-electron chi connectivity index (χ3n) is 5.05. The van der Waals surface area contributed by atoms with Gasteiger partial charge in [-0.05, 0) is 39.0 Å². The number of phenols is 2. The molecule has 0 bridgehead atoms. The van der Waals surface area contributed by atoms with Crippen LogP contribution in [0.25, 0.3) is 22.3 Å². The second-order valence-corrected chi connectivity index (χ2v) is 7.71. The maximum absolute atomic E-state index is 13.9. The molecule has 0 aliphatic heterocycles. The molecule has 0 spiro atoms. The molecule has 32 heavy (non-hydrogen) atoms. The molecule has 0 aliphatic carbocycles. The average molecular weight is 443 g/mol. The number of nitrogens with one attached hydrogen (secondary N) is 1. The van der Waals surface area contributed by atoms with Crippen LogP contribution in [0.3, 0.4) is 0 Å². The fraction of sp³-hybridized carbons (Fsp3) is 0.286. The Balaban J connectivity index is 1.80. The lowest BCUT2D eigenvalue weighted by Crippen LogP contribution is -2.32. The number of aromatic amines is 1. The highest BCUT2D eigenvalue weighted by Gasteiger charge is 2.30. The molecule has 3 heterocycles. The first-order chi connectivity index (χ1) is 15.2. The normalized spacial score (nSPS) is 13.6. The number of halogens is 1. The van der Waals surface area contributed by atoms with E-state index in [4.69, 9.17) is 4.84 Å². The molecular weight excluding hydrogens is 421 g/mol. The predicted octanol–water partition coefficient (Wildman–Crippen LogP) is 2.27. The first-order valence-electron chi connectivity index (χ1n) is 9.88. The summed E-state index contributed by atoms with van der Waals surface area (Å²) in [5.41, 5.74) is 0.789. The minimum atomic E-state index is -1.46. The predicted molar refractivity (Wildman–Crippen MR) is 113 cm³/mol. The van der Waals surface area contributed by atoms with Crippen LogP contribution >= 0.6 is 0 Å². The van der Waals surface area contributed by atoms with Crippen LogP contribution in [0.2, 0.25) is 0 Å². The molecule has 4 aromatic rings. The number of nitrogens with zero attached hydrogens (tertiary/aromatic N) is 4. The van der Waals surface area contributed by atoms with Crippen molar-refractivity contribution in [3.8, 4) is 22.6 Å². The van der Waals surface area contributed by atoms with E-state index >= 15 is 0 Å². The van der Waals surface area contributed by atoms with Gasteiger partial charge in [0.05, 0.1) is 17.9 Å². The summed E-state index contributed by atoms with van der Waals surface area (Å²) in [7, 11) is 0. The number of imidazole rings is 1. The number of benzene rings is 1. The highest BCUT2D eigenvalue weighted by atomic mass is 19.1. The Bertz CT molecular complexity index is 1340. The van der Waals surface area contributed by atoms with Gasteiger partial charge in [-0.15, -0.1) is 4.73 Å². The molecule has 4 N–H and O–H groups in total. The van der Waals surface area contributed by atoms with E-state index in [2.05, 4.69) is 15.1 Å². The van der Waals surface area contributed by atoms with E-state index in [1.165, 1.54) is 6.92 Å². The van der Waals surface area contributed by atoms with Gasteiger partial charge in [0.2, 0.25) is 0 Å². The SMILES string of the molecule is CC(O)C(On1c(=O)[nH]c2ncc(-c3cnn(C(C)C)c3)cc21)c1c(O)ccc(F)c1O. The zero-order valence-electron chi connectivity index (χ0n) is 17.5. The third-order valence-corrected chi connectivity index (χ3v) is 5.05. The smallest absolute Gasteiger partial charge is 0.360 e. The summed E-state index contributed by atoms with van der Waals surface area (Å²) in [4.78, 5) is 25.0. The first-order valence-corrected chi connectivity index (χ1v) is 9.88. The minimum absolute atomic E-state index is 0.160. The number of hydrogen-bond acceptors (Lipinski definition) is 7. The average Bonchev–Trinajstić information content (AvgIpc) is 3.35. The van der Waals surface area contributed by atoms with Crippen molar-refractivity contribution >= 4 is 11.2 Å². The van der Waals surface area contributed by atoms with Crippen molar-refractivity contribution in [3.05, 3.63) is 58.7 Å². The number of fused-ring (bicyclic) bond motifs is 1. The second kappa shape index (κ2) is 8.00. The van der Waals surface area contributed by atoms with Crippen molar-refractivity contribution < 1.29 is 24.5 Å².